The molecule has 0 amide bonds. The third-order valence-corrected chi connectivity index (χ3v) is 7.89. The minimum atomic E-state index is -0.813. The fraction of sp³-hybridized carbons (Fsp3) is 0.161. The van der Waals surface area contributed by atoms with Crippen molar-refractivity contribution in [1.82, 2.24) is 0 Å². The lowest BCUT2D eigenvalue weighted by Gasteiger charge is -2.14. The van der Waals surface area contributed by atoms with Crippen molar-refractivity contribution in [2.24, 2.45) is 0 Å². The lowest BCUT2D eigenvalue weighted by molar-refractivity contribution is -0.140. The zero-order chi connectivity index (χ0) is 26.6. The third kappa shape index (κ3) is 8.85. The molecule has 6 heteroatoms. The van der Waals surface area contributed by atoms with Crippen molar-refractivity contribution in [3.63, 3.8) is 0 Å². The number of carboxylic acid groups (broad SMARTS) is 1. The number of rotatable bonds is 8. The SMILES string of the molecule is COC(=O)C(Sc1ccc(C)cc1)c1ccccc1.Cc1ccc(SC(C(=O)O)c2ccccc2)cc1. The second-order valence-electron chi connectivity index (χ2n) is 8.30. The molecule has 190 valence electrons. The van der Waals surface area contributed by atoms with Crippen molar-refractivity contribution in [1.29, 1.82) is 0 Å². The van der Waals surface area contributed by atoms with Crippen LogP contribution in [0.2, 0.25) is 0 Å². The predicted molar refractivity (Wildman–Crippen MR) is 152 cm³/mol. The van der Waals surface area contributed by atoms with Crippen LogP contribution in [0.15, 0.2) is 119 Å². The van der Waals surface area contributed by atoms with Gasteiger partial charge >= 0.3 is 11.9 Å². The van der Waals surface area contributed by atoms with E-state index < -0.39 is 11.2 Å². The van der Waals surface area contributed by atoms with Crippen LogP contribution in [0.4, 0.5) is 0 Å². The molecule has 0 saturated carbocycles. The first-order valence-corrected chi connectivity index (χ1v) is 13.5. The van der Waals surface area contributed by atoms with Gasteiger partial charge in [-0.3, -0.25) is 9.59 Å². The van der Waals surface area contributed by atoms with Crippen molar-refractivity contribution in [3.8, 4) is 0 Å². The Kier molecular flexibility index (Phi) is 10.9. The molecule has 0 fully saturated rings. The molecule has 1 N–H and O–H groups in total. The monoisotopic (exact) mass is 530 g/mol. The maximum absolute atomic E-state index is 11.9. The van der Waals surface area contributed by atoms with Crippen LogP contribution in [-0.4, -0.2) is 24.2 Å². The largest absolute Gasteiger partial charge is 0.480 e. The fourth-order valence-electron chi connectivity index (χ4n) is 3.38. The Bertz CT molecular complexity index is 1260. The maximum atomic E-state index is 11.9. The van der Waals surface area contributed by atoms with Crippen molar-refractivity contribution in [2.45, 2.75) is 34.1 Å². The van der Waals surface area contributed by atoms with Gasteiger partial charge < -0.3 is 9.84 Å². The van der Waals surface area contributed by atoms with Crippen molar-refractivity contribution in [3.05, 3.63) is 131 Å². The van der Waals surface area contributed by atoms with Crippen LogP contribution in [0.1, 0.15) is 32.8 Å². The molecular weight excluding hydrogens is 500 g/mol. The Morgan fingerprint density at radius 3 is 1.38 bits per heavy atom. The summed E-state index contributed by atoms with van der Waals surface area (Å²) in [6.45, 7) is 4.06. The molecular formula is C31H30O4S2. The second kappa shape index (κ2) is 14.3. The zero-order valence-corrected chi connectivity index (χ0v) is 22.7. The summed E-state index contributed by atoms with van der Waals surface area (Å²) in [5.74, 6) is -1.04. The van der Waals surface area contributed by atoms with Crippen LogP contribution >= 0.6 is 23.5 Å². The number of benzene rings is 4. The van der Waals surface area contributed by atoms with Gasteiger partial charge in [-0.25, -0.2) is 0 Å². The van der Waals surface area contributed by atoms with E-state index in [1.54, 1.807) is 0 Å². The van der Waals surface area contributed by atoms with Gasteiger partial charge in [0.25, 0.3) is 0 Å². The highest BCUT2D eigenvalue weighted by Crippen LogP contribution is 2.36. The van der Waals surface area contributed by atoms with Gasteiger partial charge in [0.2, 0.25) is 0 Å². The quantitative estimate of drug-likeness (QED) is 0.184. The molecule has 37 heavy (non-hydrogen) atoms. The summed E-state index contributed by atoms with van der Waals surface area (Å²) in [6.07, 6.45) is 0. The first-order valence-electron chi connectivity index (χ1n) is 11.7. The number of hydrogen-bond acceptors (Lipinski definition) is 5. The normalized spacial score (nSPS) is 12.0. The average Bonchev–Trinajstić information content (AvgIpc) is 2.93. The van der Waals surface area contributed by atoms with Crippen molar-refractivity contribution < 1.29 is 19.4 Å². The van der Waals surface area contributed by atoms with E-state index in [1.165, 1.54) is 41.8 Å². The highest BCUT2D eigenvalue weighted by molar-refractivity contribution is 8.00. The summed E-state index contributed by atoms with van der Waals surface area (Å²) in [5.41, 5.74) is 4.15. The molecule has 2 atom stereocenters. The van der Waals surface area contributed by atoms with Gasteiger partial charge in [0, 0.05) is 9.79 Å². The number of carbonyl (C=O) groups excluding carboxylic acids is 1. The zero-order valence-electron chi connectivity index (χ0n) is 21.0. The standard InChI is InChI=1S/C16H16O2S.C15H14O2S/c1-12-8-10-14(11-9-12)19-15(16(17)18-2)13-6-4-3-5-7-13;1-11-7-9-13(10-8-11)18-14(15(16)17)12-5-3-2-4-6-12/h3-11,15H,1-2H3;2-10,14H,1H3,(H,16,17). The molecule has 0 saturated heterocycles. The lowest BCUT2D eigenvalue weighted by Crippen LogP contribution is -2.10. The van der Waals surface area contributed by atoms with Gasteiger partial charge in [0.15, 0.2) is 0 Å². The van der Waals surface area contributed by atoms with Crippen LogP contribution < -0.4 is 0 Å². The Morgan fingerprint density at radius 2 is 1.00 bits per heavy atom. The van der Waals surface area contributed by atoms with Gasteiger partial charge in [-0.1, -0.05) is 96.1 Å². The average molecular weight is 531 g/mol. The molecule has 4 nitrogen and oxygen atoms in total. The highest BCUT2D eigenvalue weighted by atomic mass is 32.2. The molecule has 0 aliphatic rings. The van der Waals surface area contributed by atoms with E-state index in [9.17, 15) is 14.7 Å². The Hall–Kier alpha value is -3.48. The summed E-state index contributed by atoms with van der Waals surface area (Å²) in [4.78, 5) is 25.3. The number of esters is 1. The Morgan fingerprint density at radius 1 is 0.622 bits per heavy atom. The molecule has 0 aliphatic heterocycles. The summed E-state index contributed by atoms with van der Waals surface area (Å²) < 4.78 is 4.90. The number of thioether (sulfide) groups is 2. The van der Waals surface area contributed by atoms with Gasteiger partial charge in [0.05, 0.1) is 7.11 Å². The summed E-state index contributed by atoms with van der Waals surface area (Å²) in [6, 6.07) is 35.0. The first kappa shape index (κ1) is 28.1. The van der Waals surface area contributed by atoms with E-state index in [-0.39, 0.29) is 11.2 Å². The van der Waals surface area contributed by atoms with Crippen LogP contribution in [-0.2, 0) is 14.3 Å². The molecule has 0 spiro atoms. The maximum Gasteiger partial charge on any atom is 0.323 e. The third-order valence-electron chi connectivity index (χ3n) is 5.39. The fourth-order valence-corrected chi connectivity index (χ4v) is 5.39. The molecule has 4 aromatic rings. The van der Waals surface area contributed by atoms with E-state index in [0.29, 0.717) is 0 Å². The molecule has 0 bridgehead atoms. The number of aliphatic carboxylic acids is 1. The van der Waals surface area contributed by atoms with Crippen LogP contribution in [0, 0.1) is 13.8 Å². The number of hydrogen-bond donors (Lipinski definition) is 1. The predicted octanol–water partition coefficient (Wildman–Crippen LogP) is 7.91. The van der Waals surface area contributed by atoms with Gasteiger partial charge in [-0.2, -0.15) is 0 Å². The highest BCUT2D eigenvalue weighted by Gasteiger charge is 2.22. The Balaban J connectivity index is 0.000000206. The molecule has 0 radical (unpaired) electrons. The van der Waals surface area contributed by atoms with Crippen LogP contribution in [0.5, 0.6) is 0 Å². The summed E-state index contributed by atoms with van der Waals surface area (Å²) >= 11 is 2.87. The summed E-state index contributed by atoms with van der Waals surface area (Å²) in [7, 11) is 1.42. The Labute approximate surface area is 227 Å². The van der Waals surface area contributed by atoms with Crippen LogP contribution in [0.25, 0.3) is 0 Å². The molecule has 0 heterocycles. The van der Waals surface area contributed by atoms with Gasteiger partial charge in [0.1, 0.15) is 10.5 Å². The van der Waals surface area contributed by atoms with Crippen molar-refractivity contribution >= 4 is 35.5 Å². The molecule has 2 unspecified atom stereocenters. The number of methoxy groups -OCH3 is 1. The topological polar surface area (TPSA) is 63.6 Å². The first-order chi connectivity index (χ1) is 17.9. The summed E-state index contributed by atoms with van der Waals surface area (Å²) in [5, 5.41) is 8.44. The number of aryl methyl sites for hydroxylation is 2. The van der Waals surface area contributed by atoms with Gasteiger partial charge in [-0.05, 0) is 49.2 Å². The van der Waals surface area contributed by atoms with E-state index in [4.69, 9.17) is 4.74 Å². The molecule has 0 aliphatic carbocycles. The van der Waals surface area contributed by atoms with Crippen molar-refractivity contribution in [2.75, 3.05) is 7.11 Å². The molecule has 0 aromatic heterocycles. The van der Waals surface area contributed by atoms with E-state index in [2.05, 4.69) is 0 Å². The number of carbonyl (C=O) groups is 2. The minimum absolute atomic E-state index is 0.225. The number of ether oxygens (including phenoxy) is 1. The van der Waals surface area contributed by atoms with E-state index in [1.807, 2.05) is 123 Å². The second-order valence-corrected chi connectivity index (χ2v) is 10.7. The van der Waals surface area contributed by atoms with Crippen LogP contribution in [0.3, 0.4) is 0 Å². The van der Waals surface area contributed by atoms with Gasteiger partial charge in [-0.15, -0.1) is 23.5 Å². The number of carboxylic acids is 1. The minimum Gasteiger partial charge on any atom is -0.480 e. The van der Waals surface area contributed by atoms with E-state index >= 15 is 0 Å². The lowest BCUT2D eigenvalue weighted by atomic mass is 10.1. The molecule has 4 rings (SSSR count). The van der Waals surface area contributed by atoms with E-state index in [0.717, 1.165) is 20.9 Å². The molecule has 4 aromatic carbocycles. The smallest absolute Gasteiger partial charge is 0.323 e.